The maximum atomic E-state index is 11.1. The molecule has 0 bridgehead atoms. The summed E-state index contributed by atoms with van der Waals surface area (Å²) in [5.41, 5.74) is 0. The smallest absolute Gasteiger partial charge is 0.243 e. The van der Waals surface area contributed by atoms with Crippen molar-refractivity contribution in [2.45, 2.75) is 32.4 Å². The first kappa shape index (κ1) is 17.1. The van der Waals surface area contributed by atoms with E-state index in [-0.39, 0.29) is 23.7 Å². The van der Waals surface area contributed by atoms with Crippen LogP contribution in [0.15, 0.2) is 12.7 Å². The van der Waals surface area contributed by atoms with Gasteiger partial charge in [-0.2, -0.15) is 0 Å². The Balaban J connectivity index is 4.10. The molecule has 0 aromatic heterocycles. The van der Waals surface area contributed by atoms with Gasteiger partial charge in [0.15, 0.2) is 0 Å². The fraction of sp³-hybridized carbons (Fsp3) is 0.727. The normalized spacial score (nSPS) is 16.7. The molecule has 1 amide bonds. The van der Waals surface area contributed by atoms with Crippen LogP contribution in [-0.2, 0) is 14.9 Å². The zero-order chi connectivity index (χ0) is 14.3. The molecule has 0 spiro atoms. The van der Waals surface area contributed by atoms with Crippen LogP contribution >= 0.6 is 0 Å². The van der Waals surface area contributed by atoms with Gasteiger partial charge in [-0.1, -0.05) is 6.58 Å². The maximum absolute atomic E-state index is 11.1. The van der Waals surface area contributed by atoms with Crippen molar-refractivity contribution in [3.8, 4) is 0 Å². The molecule has 0 saturated carbocycles. The van der Waals surface area contributed by atoms with Gasteiger partial charge in [0.05, 0.1) is 35.8 Å². The van der Waals surface area contributed by atoms with E-state index in [2.05, 4.69) is 11.9 Å². The Morgan fingerprint density at radius 3 is 2.50 bits per heavy atom. The fourth-order valence-electron chi connectivity index (χ4n) is 1.60. The molecule has 0 radical (unpaired) electrons. The number of hydrogen-bond donors (Lipinski definition) is 2. The van der Waals surface area contributed by atoms with Crippen molar-refractivity contribution < 1.29 is 22.7 Å². The summed E-state index contributed by atoms with van der Waals surface area (Å²) in [6, 6.07) is -0.00128. The minimum Gasteiger partial charge on any atom is -0.748 e. The van der Waals surface area contributed by atoms with Crippen LogP contribution in [0.25, 0.3) is 0 Å². The topological polar surface area (TPSA) is 90.7 Å². The van der Waals surface area contributed by atoms with Crippen LogP contribution in [0.1, 0.15) is 20.3 Å². The summed E-state index contributed by atoms with van der Waals surface area (Å²) < 4.78 is 31.6. The van der Waals surface area contributed by atoms with Gasteiger partial charge in [-0.15, -0.1) is 0 Å². The summed E-state index contributed by atoms with van der Waals surface area (Å²) in [6.45, 7) is 7.76. The number of hydrogen-bond acceptors (Lipinski definition) is 4. The fourth-order valence-corrected chi connectivity index (χ4v) is 2.25. The molecular formula is C11H22N2O4S. The van der Waals surface area contributed by atoms with Crippen molar-refractivity contribution in [2.24, 2.45) is 0 Å². The summed E-state index contributed by atoms with van der Waals surface area (Å²) in [4.78, 5) is 12.1. The highest BCUT2D eigenvalue weighted by Gasteiger charge is 2.17. The Morgan fingerprint density at radius 1 is 1.50 bits per heavy atom. The van der Waals surface area contributed by atoms with Gasteiger partial charge in [0.25, 0.3) is 0 Å². The zero-order valence-corrected chi connectivity index (χ0v) is 11.9. The van der Waals surface area contributed by atoms with E-state index in [1.54, 1.807) is 0 Å². The van der Waals surface area contributed by atoms with Gasteiger partial charge in [-0.25, -0.2) is 8.42 Å². The molecule has 0 heterocycles. The van der Waals surface area contributed by atoms with Gasteiger partial charge in [-0.3, -0.25) is 4.79 Å². The van der Waals surface area contributed by atoms with Crippen LogP contribution in [0.5, 0.6) is 0 Å². The van der Waals surface area contributed by atoms with Crippen LogP contribution in [-0.4, -0.2) is 50.3 Å². The van der Waals surface area contributed by atoms with E-state index in [0.29, 0.717) is 13.0 Å². The van der Waals surface area contributed by atoms with Gasteiger partial charge >= 0.3 is 0 Å². The first-order chi connectivity index (χ1) is 8.15. The molecule has 3 unspecified atom stereocenters. The SMILES string of the molecule is C=CC(=O)NC(C)C[NH+](C)C(C)CCS(=O)(=O)[O-]. The monoisotopic (exact) mass is 278 g/mol. The lowest BCUT2D eigenvalue weighted by Gasteiger charge is -2.25. The van der Waals surface area contributed by atoms with E-state index in [1.165, 1.54) is 6.08 Å². The molecule has 2 N–H and O–H groups in total. The number of carbonyl (C=O) groups excluding carboxylic acids is 1. The highest BCUT2D eigenvalue weighted by molar-refractivity contribution is 7.85. The highest BCUT2D eigenvalue weighted by atomic mass is 32.2. The van der Waals surface area contributed by atoms with Crippen LogP contribution in [0.4, 0.5) is 0 Å². The van der Waals surface area contributed by atoms with E-state index in [1.807, 2.05) is 20.9 Å². The highest BCUT2D eigenvalue weighted by Crippen LogP contribution is 1.92. The van der Waals surface area contributed by atoms with Crippen LogP contribution in [0.3, 0.4) is 0 Å². The minimum atomic E-state index is -4.15. The molecule has 0 aromatic carbocycles. The third-order valence-electron chi connectivity index (χ3n) is 2.84. The molecule has 0 aliphatic carbocycles. The summed E-state index contributed by atoms with van der Waals surface area (Å²) in [7, 11) is -2.25. The molecule has 0 rings (SSSR count). The summed E-state index contributed by atoms with van der Waals surface area (Å²) in [5.74, 6) is -0.580. The Bertz CT molecular complexity index is 381. The molecule has 0 fully saturated rings. The largest absolute Gasteiger partial charge is 0.748 e. The van der Waals surface area contributed by atoms with Gasteiger partial charge < -0.3 is 14.8 Å². The minimum absolute atomic E-state index is 0.0387. The molecule has 106 valence electrons. The van der Waals surface area contributed by atoms with Crippen LogP contribution in [0, 0.1) is 0 Å². The number of quaternary nitrogens is 1. The summed E-state index contributed by atoms with van der Waals surface area (Å²) in [6.07, 6.45) is 1.53. The Kier molecular flexibility index (Phi) is 7.12. The van der Waals surface area contributed by atoms with E-state index in [4.69, 9.17) is 0 Å². The van der Waals surface area contributed by atoms with Gasteiger partial charge in [0.2, 0.25) is 5.91 Å². The molecule has 3 atom stereocenters. The number of nitrogens with one attached hydrogen (secondary N) is 2. The summed E-state index contributed by atoms with van der Waals surface area (Å²) in [5, 5.41) is 2.73. The van der Waals surface area contributed by atoms with Crippen LogP contribution in [0.2, 0.25) is 0 Å². The molecule has 7 heteroatoms. The lowest BCUT2D eigenvalue weighted by Crippen LogP contribution is -3.14. The average Bonchev–Trinajstić information content (AvgIpc) is 2.24. The molecular weight excluding hydrogens is 256 g/mol. The lowest BCUT2D eigenvalue weighted by atomic mass is 10.2. The second-order valence-electron chi connectivity index (χ2n) is 4.62. The third-order valence-corrected chi connectivity index (χ3v) is 3.58. The van der Waals surface area contributed by atoms with Crippen molar-refractivity contribution in [1.29, 1.82) is 0 Å². The molecule has 18 heavy (non-hydrogen) atoms. The van der Waals surface area contributed by atoms with E-state index in [0.717, 1.165) is 4.90 Å². The molecule has 0 aliphatic rings. The van der Waals surface area contributed by atoms with Gasteiger partial charge in [0.1, 0.15) is 0 Å². The van der Waals surface area contributed by atoms with Crippen molar-refractivity contribution >= 4 is 16.0 Å². The predicted octanol–water partition coefficient (Wildman–Crippen LogP) is -1.48. The molecule has 0 aliphatic heterocycles. The van der Waals surface area contributed by atoms with Crippen molar-refractivity contribution in [1.82, 2.24) is 5.32 Å². The second kappa shape index (κ2) is 7.50. The number of carbonyl (C=O) groups is 1. The van der Waals surface area contributed by atoms with Gasteiger partial charge in [-0.05, 0) is 19.9 Å². The Hall–Kier alpha value is -0.920. The first-order valence-electron chi connectivity index (χ1n) is 5.84. The van der Waals surface area contributed by atoms with Crippen LogP contribution < -0.4 is 10.2 Å². The standard InChI is InChI=1S/C11H22N2O4S/c1-5-11(14)12-9(2)8-13(4)10(3)6-7-18(15,16)17/h5,9-10H,1,6-8H2,2-4H3,(H,12,14)(H,15,16,17). The van der Waals surface area contributed by atoms with E-state index < -0.39 is 10.1 Å². The third kappa shape index (κ3) is 8.21. The molecule has 6 nitrogen and oxygen atoms in total. The zero-order valence-electron chi connectivity index (χ0n) is 11.1. The quantitative estimate of drug-likeness (QED) is 0.418. The average molecular weight is 278 g/mol. The van der Waals surface area contributed by atoms with E-state index >= 15 is 0 Å². The molecule has 0 saturated heterocycles. The Labute approximate surface area is 109 Å². The molecule has 0 aromatic rings. The van der Waals surface area contributed by atoms with Crippen molar-refractivity contribution in [2.75, 3.05) is 19.3 Å². The van der Waals surface area contributed by atoms with Crippen molar-refractivity contribution in [3.63, 3.8) is 0 Å². The number of rotatable bonds is 8. The predicted molar refractivity (Wildman–Crippen MR) is 68.2 cm³/mol. The summed E-state index contributed by atoms with van der Waals surface area (Å²) >= 11 is 0. The van der Waals surface area contributed by atoms with E-state index in [9.17, 15) is 17.8 Å². The van der Waals surface area contributed by atoms with Gasteiger partial charge in [0, 0.05) is 12.2 Å². The second-order valence-corrected chi connectivity index (χ2v) is 6.14. The van der Waals surface area contributed by atoms with Crippen molar-refractivity contribution in [3.05, 3.63) is 12.7 Å². The Morgan fingerprint density at radius 2 is 2.06 bits per heavy atom. The number of likely N-dealkylation sites (N-methyl/N-ethyl adjacent to an activating group) is 1. The lowest BCUT2D eigenvalue weighted by molar-refractivity contribution is -0.904. The first-order valence-corrected chi connectivity index (χ1v) is 7.42. The number of amides is 1. The maximum Gasteiger partial charge on any atom is 0.243 e.